The molecule has 0 unspecified atom stereocenters. The summed E-state index contributed by atoms with van der Waals surface area (Å²) in [5.74, 6) is 0. The quantitative estimate of drug-likeness (QED) is 0.283. The van der Waals surface area contributed by atoms with Gasteiger partial charge in [-0.1, -0.05) is 91.0 Å². The second-order valence-electron chi connectivity index (χ2n) is 8.33. The Labute approximate surface area is 189 Å². The van der Waals surface area contributed by atoms with Gasteiger partial charge in [0, 0.05) is 49.5 Å². The molecule has 0 amide bonds. The van der Waals surface area contributed by atoms with Gasteiger partial charge in [0.05, 0.1) is 0 Å². The van der Waals surface area contributed by atoms with Gasteiger partial charge in [0.1, 0.15) is 22.3 Å². The zero-order chi connectivity index (χ0) is 21.9. The Hall–Kier alpha value is -4.50. The van der Waals surface area contributed by atoms with Crippen LogP contribution in [0.2, 0.25) is 0 Å². The first-order valence-corrected chi connectivity index (χ1v) is 11.0. The molecule has 2 N–H and O–H groups in total. The first-order chi connectivity index (χ1) is 16.3. The largest absolute Gasteiger partial charge is 0.455 e. The summed E-state index contributed by atoms with van der Waals surface area (Å²) in [6.07, 6.45) is 0. The second-order valence-corrected chi connectivity index (χ2v) is 8.33. The molecule has 0 radical (unpaired) electrons. The summed E-state index contributed by atoms with van der Waals surface area (Å²) < 4.78 is 12.5. The van der Waals surface area contributed by atoms with E-state index in [0.29, 0.717) is 5.69 Å². The number of fused-ring (bicyclic) bond motifs is 6. The molecule has 2 heterocycles. The van der Waals surface area contributed by atoms with Gasteiger partial charge >= 0.3 is 0 Å². The molecular weight excluding hydrogens is 406 g/mol. The summed E-state index contributed by atoms with van der Waals surface area (Å²) in [6.45, 7) is 0. The third kappa shape index (κ3) is 2.56. The molecule has 3 heteroatoms. The molecule has 0 aliphatic carbocycles. The molecule has 0 bridgehead atoms. The standard InChI is InChI=1S/C30H19NO2/c31-28-20(24-14-6-12-22-18-8-1-3-16-26(18)32-29(22)24)10-5-11-21(28)25-15-7-13-23-19-9-2-4-17-27(19)33-30(23)25/h1-17H,31H2. The van der Waals surface area contributed by atoms with Crippen molar-refractivity contribution in [2.75, 3.05) is 5.73 Å². The monoisotopic (exact) mass is 425 g/mol. The lowest BCUT2D eigenvalue weighted by Crippen LogP contribution is -1.94. The average molecular weight is 425 g/mol. The van der Waals surface area contributed by atoms with Gasteiger partial charge in [-0.05, 0) is 12.1 Å². The fraction of sp³-hybridized carbons (Fsp3) is 0. The minimum Gasteiger partial charge on any atom is -0.455 e. The third-order valence-corrected chi connectivity index (χ3v) is 6.50. The number of rotatable bonds is 2. The van der Waals surface area contributed by atoms with Crippen molar-refractivity contribution in [3.05, 3.63) is 103 Å². The minimum atomic E-state index is 0.707. The molecule has 7 aromatic rings. The zero-order valence-corrected chi connectivity index (χ0v) is 17.7. The smallest absolute Gasteiger partial charge is 0.143 e. The Morgan fingerprint density at radius 2 is 0.788 bits per heavy atom. The van der Waals surface area contributed by atoms with E-state index >= 15 is 0 Å². The van der Waals surface area contributed by atoms with Crippen molar-refractivity contribution in [2.45, 2.75) is 0 Å². The Balaban J connectivity index is 1.49. The Kier molecular flexibility index (Phi) is 3.70. The first-order valence-electron chi connectivity index (χ1n) is 11.0. The molecule has 0 aliphatic heterocycles. The van der Waals surface area contributed by atoms with Gasteiger partial charge in [-0.15, -0.1) is 0 Å². The highest BCUT2D eigenvalue weighted by molar-refractivity contribution is 6.13. The molecule has 0 atom stereocenters. The third-order valence-electron chi connectivity index (χ3n) is 6.50. The van der Waals surface area contributed by atoms with Crippen molar-refractivity contribution < 1.29 is 8.83 Å². The van der Waals surface area contributed by atoms with E-state index in [1.807, 2.05) is 42.5 Å². The van der Waals surface area contributed by atoms with Gasteiger partial charge in [0.15, 0.2) is 0 Å². The van der Waals surface area contributed by atoms with Crippen LogP contribution in [0, 0.1) is 0 Å². The maximum atomic E-state index is 6.83. The fourth-order valence-corrected chi connectivity index (χ4v) is 4.95. The van der Waals surface area contributed by atoms with Crippen LogP contribution in [0.4, 0.5) is 5.69 Å². The van der Waals surface area contributed by atoms with Crippen LogP contribution in [-0.2, 0) is 0 Å². The Morgan fingerprint density at radius 3 is 1.30 bits per heavy atom. The van der Waals surface area contributed by atoms with Crippen molar-refractivity contribution in [1.29, 1.82) is 0 Å². The summed E-state index contributed by atoms with van der Waals surface area (Å²) in [4.78, 5) is 0. The van der Waals surface area contributed by atoms with Crippen LogP contribution in [0.15, 0.2) is 112 Å². The van der Waals surface area contributed by atoms with Crippen molar-refractivity contribution >= 4 is 49.6 Å². The predicted octanol–water partition coefficient (Wildman–Crippen LogP) is 8.40. The summed E-state index contributed by atoms with van der Waals surface area (Å²) >= 11 is 0. The van der Waals surface area contributed by atoms with Gasteiger partial charge in [-0.25, -0.2) is 0 Å². The zero-order valence-electron chi connectivity index (χ0n) is 17.7. The van der Waals surface area contributed by atoms with Crippen molar-refractivity contribution in [1.82, 2.24) is 0 Å². The number of nitrogen functional groups attached to an aromatic ring is 1. The van der Waals surface area contributed by atoms with E-state index in [2.05, 4.69) is 60.7 Å². The maximum absolute atomic E-state index is 6.83. The Morgan fingerprint density at radius 1 is 0.394 bits per heavy atom. The van der Waals surface area contributed by atoms with Crippen LogP contribution in [0.3, 0.4) is 0 Å². The van der Waals surface area contributed by atoms with Gasteiger partial charge < -0.3 is 14.6 Å². The van der Waals surface area contributed by atoms with E-state index < -0.39 is 0 Å². The van der Waals surface area contributed by atoms with E-state index in [0.717, 1.165) is 66.1 Å². The summed E-state index contributed by atoms with van der Waals surface area (Å²) in [5.41, 5.74) is 14.9. The van der Waals surface area contributed by atoms with Gasteiger partial charge in [-0.2, -0.15) is 0 Å². The predicted molar refractivity (Wildman–Crippen MR) is 136 cm³/mol. The number of nitrogens with two attached hydrogens (primary N) is 1. The van der Waals surface area contributed by atoms with Crippen LogP contribution in [-0.4, -0.2) is 0 Å². The van der Waals surface area contributed by atoms with E-state index in [9.17, 15) is 0 Å². The maximum Gasteiger partial charge on any atom is 0.143 e. The van der Waals surface area contributed by atoms with Gasteiger partial charge in [0.2, 0.25) is 0 Å². The Bertz CT molecular complexity index is 1710. The van der Waals surface area contributed by atoms with Crippen molar-refractivity contribution in [3.8, 4) is 22.3 Å². The van der Waals surface area contributed by atoms with E-state index in [4.69, 9.17) is 14.6 Å². The normalized spacial score (nSPS) is 11.8. The highest BCUT2D eigenvalue weighted by Crippen LogP contribution is 2.43. The molecule has 156 valence electrons. The number of benzene rings is 5. The molecular formula is C30H19NO2. The van der Waals surface area contributed by atoms with E-state index in [1.54, 1.807) is 0 Å². The minimum absolute atomic E-state index is 0.707. The lowest BCUT2D eigenvalue weighted by Gasteiger charge is -2.12. The lowest BCUT2D eigenvalue weighted by atomic mass is 9.94. The number of hydrogen-bond donors (Lipinski definition) is 1. The molecule has 0 aliphatic rings. The molecule has 2 aromatic heterocycles. The number of para-hydroxylation sites is 5. The number of anilines is 1. The highest BCUT2D eigenvalue weighted by Gasteiger charge is 2.18. The molecule has 5 aromatic carbocycles. The first kappa shape index (κ1) is 18.1. The second kappa shape index (κ2) is 6.75. The van der Waals surface area contributed by atoms with Crippen molar-refractivity contribution in [2.24, 2.45) is 0 Å². The fourth-order valence-electron chi connectivity index (χ4n) is 4.95. The summed E-state index contributed by atoms with van der Waals surface area (Å²) in [5, 5.41) is 4.40. The van der Waals surface area contributed by atoms with Crippen LogP contribution < -0.4 is 5.73 Å². The van der Waals surface area contributed by atoms with E-state index in [-0.39, 0.29) is 0 Å². The topological polar surface area (TPSA) is 52.3 Å². The van der Waals surface area contributed by atoms with Crippen LogP contribution in [0.1, 0.15) is 0 Å². The molecule has 0 saturated heterocycles. The van der Waals surface area contributed by atoms with Gasteiger partial charge in [-0.3, -0.25) is 0 Å². The molecule has 7 rings (SSSR count). The van der Waals surface area contributed by atoms with Crippen molar-refractivity contribution in [3.63, 3.8) is 0 Å². The molecule has 33 heavy (non-hydrogen) atoms. The van der Waals surface area contributed by atoms with Crippen LogP contribution >= 0.6 is 0 Å². The average Bonchev–Trinajstić information content (AvgIpc) is 3.43. The number of hydrogen-bond acceptors (Lipinski definition) is 3. The van der Waals surface area contributed by atoms with Gasteiger partial charge in [0.25, 0.3) is 0 Å². The summed E-state index contributed by atoms with van der Waals surface area (Å²) in [6, 6.07) is 34.9. The van der Waals surface area contributed by atoms with E-state index in [1.165, 1.54) is 0 Å². The van der Waals surface area contributed by atoms with Crippen LogP contribution in [0.25, 0.3) is 66.1 Å². The van der Waals surface area contributed by atoms with Crippen LogP contribution in [0.5, 0.6) is 0 Å². The molecule has 0 spiro atoms. The molecule has 0 saturated carbocycles. The molecule has 3 nitrogen and oxygen atoms in total. The lowest BCUT2D eigenvalue weighted by molar-refractivity contribution is 0.670. The summed E-state index contributed by atoms with van der Waals surface area (Å²) in [7, 11) is 0. The SMILES string of the molecule is Nc1c(-c2cccc3c2oc2ccccc23)cccc1-c1cccc2c1oc1ccccc12. The molecule has 0 fully saturated rings. The number of furan rings is 2. The highest BCUT2D eigenvalue weighted by atomic mass is 16.3.